The summed E-state index contributed by atoms with van der Waals surface area (Å²) in [6.07, 6.45) is 0. The summed E-state index contributed by atoms with van der Waals surface area (Å²) in [5, 5.41) is 5.73. The Morgan fingerprint density at radius 3 is 2.50 bits per heavy atom. The van der Waals surface area contributed by atoms with E-state index in [-0.39, 0.29) is 19.1 Å². The van der Waals surface area contributed by atoms with Crippen LogP contribution >= 0.6 is 11.6 Å². The van der Waals surface area contributed by atoms with Gasteiger partial charge in [-0.25, -0.2) is 0 Å². The molecule has 2 aromatic carbocycles. The molecule has 0 aliphatic heterocycles. The van der Waals surface area contributed by atoms with Gasteiger partial charge in [0.25, 0.3) is 5.91 Å². The van der Waals surface area contributed by atoms with Gasteiger partial charge < -0.3 is 20.1 Å². The van der Waals surface area contributed by atoms with Gasteiger partial charge in [-0.3, -0.25) is 9.59 Å². The summed E-state index contributed by atoms with van der Waals surface area (Å²) in [6.45, 7) is -0.339. The maximum absolute atomic E-state index is 11.8. The molecule has 2 N–H and O–H groups in total. The van der Waals surface area contributed by atoms with Crippen molar-refractivity contribution in [1.29, 1.82) is 0 Å². The highest BCUT2D eigenvalue weighted by molar-refractivity contribution is 6.30. The SMILES string of the molecule is COc1cccc(NC(=O)CNC(=O)COc2ccc(Cl)cc2)c1. The van der Waals surface area contributed by atoms with Crippen LogP contribution in [0, 0.1) is 0 Å². The van der Waals surface area contributed by atoms with Crippen molar-refractivity contribution in [3.05, 3.63) is 53.6 Å². The molecule has 0 atom stereocenters. The molecule has 7 heteroatoms. The molecule has 0 aliphatic rings. The Kier molecular flexibility index (Phi) is 6.45. The Morgan fingerprint density at radius 1 is 1.04 bits per heavy atom. The van der Waals surface area contributed by atoms with E-state index >= 15 is 0 Å². The third-order valence-electron chi connectivity index (χ3n) is 2.98. The second-order valence-electron chi connectivity index (χ2n) is 4.80. The quantitative estimate of drug-likeness (QED) is 0.806. The smallest absolute Gasteiger partial charge is 0.258 e. The van der Waals surface area contributed by atoms with E-state index in [9.17, 15) is 9.59 Å². The highest BCUT2D eigenvalue weighted by Crippen LogP contribution is 2.16. The zero-order chi connectivity index (χ0) is 17.4. The second-order valence-corrected chi connectivity index (χ2v) is 5.24. The van der Waals surface area contributed by atoms with Crippen LogP contribution in [0.1, 0.15) is 0 Å². The number of carbonyl (C=O) groups excluding carboxylic acids is 2. The topological polar surface area (TPSA) is 76.7 Å². The molecular weight excluding hydrogens is 332 g/mol. The lowest BCUT2D eigenvalue weighted by Gasteiger charge is -2.09. The zero-order valence-corrected chi connectivity index (χ0v) is 13.8. The first-order valence-corrected chi connectivity index (χ1v) is 7.53. The predicted octanol–water partition coefficient (Wildman–Crippen LogP) is 2.48. The van der Waals surface area contributed by atoms with Crippen molar-refractivity contribution in [2.45, 2.75) is 0 Å². The maximum Gasteiger partial charge on any atom is 0.258 e. The fraction of sp³-hybridized carbons (Fsp3) is 0.176. The molecule has 2 amide bonds. The molecule has 2 rings (SSSR count). The Labute approximate surface area is 144 Å². The molecule has 0 bridgehead atoms. The first kappa shape index (κ1) is 17.6. The molecule has 0 spiro atoms. The highest BCUT2D eigenvalue weighted by Gasteiger charge is 2.07. The van der Waals surface area contributed by atoms with Crippen LogP contribution in [0.15, 0.2) is 48.5 Å². The van der Waals surface area contributed by atoms with Gasteiger partial charge in [0.1, 0.15) is 11.5 Å². The second kappa shape index (κ2) is 8.79. The molecule has 0 radical (unpaired) electrons. The van der Waals surface area contributed by atoms with E-state index in [2.05, 4.69) is 10.6 Å². The van der Waals surface area contributed by atoms with Crippen LogP contribution in [0.25, 0.3) is 0 Å². The van der Waals surface area contributed by atoms with Crippen LogP contribution in [0.5, 0.6) is 11.5 Å². The van der Waals surface area contributed by atoms with Gasteiger partial charge in [-0.05, 0) is 36.4 Å². The summed E-state index contributed by atoms with van der Waals surface area (Å²) in [5.41, 5.74) is 0.589. The van der Waals surface area contributed by atoms with Gasteiger partial charge in [-0.2, -0.15) is 0 Å². The van der Waals surface area contributed by atoms with Crippen molar-refractivity contribution in [3.63, 3.8) is 0 Å². The number of methoxy groups -OCH3 is 1. The van der Waals surface area contributed by atoms with E-state index in [1.807, 2.05) is 0 Å². The molecule has 0 aromatic heterocycles. The van der Waals surface area contributed by atoms with E-state index < -0.39 is 5.91 Å². The number of nitrogens with one attached hydrogen (secondary N) is 2. The van der Waals surface area contributed by atoms with Gasteiger partial charge in [-0.1, -0.05) is 17.7 Å². The van der Waals surface area contributed by atoms with Crippen molar-refractivity contribution in [2.24, 2.45) is 0 Å². The average Bonchev–Trinajstić information content (AvgIpc) is 2.59. The Bertz CT molecular complexity index is 704. The summed E-state index contributed by atoms with van der Waals surface area (Å²) >= 11 is 5.76. The third kappa shape index (κ3) is 5.81. The Morgan fingerprint density at radius 2 is 1.79 bits per heavy atom. The average molecular weight is 349 g/mol. The monoisotopic (exact) mass is 348 g/mol. The van der Waals surface area contributed by atoms with Gasteiger partial charge in [0.05, 0.1) is 13.7 Å². The lowest BCUT2D eigenvalue weighted by atomic mass is 10.3. The van der Waals surface area contributed by atoms with Crippen LogP contribution in [-0.2, 0) is 9.59 Å². The number of carbonyl (C=O) groups is 2. The minimum absolute atomic E-state index is 0.153. The Balaban J connectivity index is 1.72. The zero-order valence-electron chi connectivity index (χ0n) is 13.0. The van der Waals surface area contributed by atoms with E-state index in [1.54, 1.807) is 55.6 Å². The summed E-state index contributed by atoms with van der Waals surface area (Å²) in [6, 6.07) is 13.6. The van der Waals surface area contributed by atoms with Crippen LogP contribution in [0.4, 0.5) is 5.69 Å². The molecular formula is C17H17ClN2O4. The first-order valence-electron chi connectivity index (χ1n) is 7.16. The van der Waals surface area contributed by atoms with Crippen molar-refractivity contribution >= 4 is 29.1 Å². The van der Waals surface area contributed by atoms with Crippen molar-refractivity contribution < 1.29 is 19.1 Å². The maximum atomic E-state index is 11.8. The molecule has 6 nitrogen and oxygen atoms in total. The first-order chi connectivity index (χ1) is 11.6. The molecule has 0 fully saturated rings. The molecule has 0 saturated heterocycles. The third-order valence-corrected chi connectivity index (χ3v) is 3.24. The number of halogens is 1. The molecule has 126 valence electrons. The van der Waals surface area contributed by atoms with Crippen LogP contribution < -0.4 is 20.1 Å². The van der Waals surface area contributed by atoms with Crippen molar-refractivity contribution in [2.75, 3.05) is 25.6 Å². The lowest BCUT2D eigenvalue weighted by molar-refractivity contribution is -0.125. The fourth-order valence-electron chi connectivity index (χ4n) is 1.82. The number of amides is 2. The number of rotatable bonds is 7. The summed E-state index contributed by atoms with van der Waals surface area (Å²) < 4.78 is 10.4. The van der Waals surface area contributed by atoms with E-state index in [1.165, 1.54) is 0 Å². The van der Waals surface area contributed by atoms with Crippen molar-refractivity contribution in [1.82, 2.24) is 5.32 Å². The summed E-state index contributed by atoms with van der Waals surface area (Å²) in [7, 11) is 1.54. The van der Waals surface area contributed by atoms with Gasteiger partial charge >= 0.3 is 0 Å². The largest absolute Gasteiger partial charge is 0.497 e. The minimum atomic E-state index is -0.397. The summed E-state index contributed by atoms with van der Waals surface area (Å²) in [5.74, 6) is 0.414. The van der Waals surface area contributed by atoms with Crippen molar-refractivity contribution in [3.8, 4) is 11.5 Å². The number of ether oxygens (including phenoxy) is 2. The van der Waals surface area contributed by atoms with Crippen LogP contribution in [0.3, 0.4) is 0 Å². The lowest BCUT2D eigenvalue weighted by Crippen LogP contribution is -2.35. The highest BCUT2D eigenvalue weighted by atomic mass is 35.5. The molecule has 0 heterocycles. The molecule has 0 unspecified atom stereocenters. The van der Waals surface area contributed by atoms with Gasteiger partial charge in [0.15, 0.2) is 6.61 Å². The van der Waals surface area contributed by atoms with Crippen LogP contribution in [0.2, 0.25) is 5.02 Å². The number of hydrogen-bond acceptors (Lipinski definition) is 4. The minimum Gasteiger partial charge on any atom is -0.497 e. The Hall–Kier alpha value is -2.73. The normalized spacial score (nSPS) is 9.92. The van der Waals surface area contributed by atoms with Gasteiger partial charge in [0, 0.05) is 16.8 Å². The van der Waals surface area contributed by atoms with E-state index in [0.717, 1.165) is 0 Å². The van der Waals surface area contributed by atoms with E-state index in [4.69, 9.17) is 21.1 Å². The van der Waals surface area contributed by atoms with E-state index in [0.29, 0.717) is 22.2 Å². The predicted molar refractivity (Wildman–Crippen MR) is 91.6 cm³/mol. The molecule has 0 saturated carbocycles. The molecule has 0 aliphatic carbocycles. The fourth-order valence-corrected chi connectivity index (χ4v) is 1.94. The number of hydrogen-bond donors (Lipinski definition) is 2. The summed E-state index contributed by atoms with van der Waals surface area (Å²) in [4.78, 5) is 23.5. The molecule has 2 aromatic rings. The standard InChI is InChI=1S/C17H17ClN2O4/c1-23-15-4-2-3-13(9-15)20-16(21)10-19-17(22)11-24-14-7-5-12(18)6-8-14/h2-9H,10-11H2,1H3,(H,19,22)(H,20,21). The molecule has 24 heavy (non-hydrogen) atoms. The van der Waals surface area contributed by atoms with Gasteiger partial charge in [-0.15, -0.1) is 0 Å². The number of anilines is 1. The van der Waals surface area contributed by atoms with Gasteiger partial charge in [0.2, 0.25) is 5.91 Å². The van der Waals surface area contributed by atoms with Crippen LogP contribution in [-0.4, -0.2) is 32.1 Å². The number of benzene rings is 2.